The Morgan fingerprint density at radius 2 is 1.82 bits per heavy atom. The number of hydrogen-bond donors (Lipinski definition) is 1. The van der Waals surface area contributed by atoms with Gasteiger partial charge in [0.1, 0.15) is 0 Å². The van der Waals surface area contributed by atoms with Crippen molar-refractivity contribution in [1.29, 1.82) is 0 Å². The van der Waals surface area contributed by atoms with Crippen LogP contribution in [0.2, 0.25) is 0 Å². The summed E-state index contributed by atoms with van der Waals surface area (Å²) in [4.78, 5) is 21.4. The van der Waals surface area contributed by atoms with Crippen molar-refractivity contribution in [1.82, 2.24) is 15.2 Å². The maximum Gasteiger partial charge on any atom is 0.253 e. The van der Waals surface area contributed by atoms with Gasteiger partial charge in [-0.1, -0.05) is 12.1 Å². The number of carbonyl (C=O) groups is 1. The minimum Gasteiger partial charge on any atom is -0.370 e. The van der Waals surface area contributed by atoms with E-state index >= 15 is 0 Å². The molecule has 28 heavy (non-hydrogen) atoms. The monoisotopic (exact) mass is 378 g/mol. The molecule has 1 atom stereocenters. The van der Waals surface area contributed by atoms with Crippen molar-refractivity contribution < 1.29 is 4.79 Å². The first-order valence-electron chi connectivity index (χ1n) is 10.5. The molecule has 1 aromatic heterocycles. The standard InChI is InChI=1S/C23H30N4O/c28-23(21-6-4-19(5-7-21)17-20-3-1-10-25-18-20)27-14-2-13-26(15-16-27)22-8-11-24-12-9-22/h4-9,11-12,20,25H,1-3,10,13-18H2/t20-/m0/s1. The second-order valence-electron chi connectivity index (χ2n) is 7.95. The third kappa shape index (κ3) is 4.71. The predicted molar refractivity (Wildman–Crippen MR) is 113 cm³/mol. The third-order valence-corrected chi connectivity index (χ3v) is 5.94. The molecule has 0 aliphatic carbocycles. The van der Waals surface area contributed by atoms with Crippen molar-refractivity contribution in [3.63, 3.8) is 0 Å². The van der Waals surface area contributed by atoms with Crippen LogP contribution in [0.15, 0.2) is 48.8 Å². The third-order valence-electron chi connectivity index (χ3n) is 5.94. The van der Waals surface area contributed by atoms with E-state index < -0.39 is 0 Å². The van der Waals surface area contributed by atoms with Crippen LogP contribution in [-0.4, -0.2) is 55.1 Å². The Balaban J connectivity index is 1.34. The Labute approximate surface area is 167 Å². The molecule has 5 heteroatoms. The summed E-state index contributed by atoms with van der Waals surface area (Å²) in [6.45, 7) is 5.68. The number of aromatic nitrogens is 1. The molecule has 0 bridgehead atoms. The lowest BCUT2D eigenvalue weighted by Crippen LogP contribution is -2.35. The largest absolute Gasteiger partial charge is 0.370 e. The number of piperidine rings is 1. The molecule has 0 unspecified atom stereocenters. The summed E-state index contributed by atoms with van der Waals surface area (Å²) in [5, 5.41) is 3.48. The van der Waals surface area contributed by atoms with Crippen LogP contribution in [0, 0.1) is 5.92 Å². The number of rotatable bonds is 4. The highest BCUT2D eigenvalue weighted by atomic mass is 16.2. The van der Waals surface area contributed by atoms with Gasteiger partial charge in [-0.2, -0.15) is 0 Å². The molecule has 0 spiro atoms. The van der Waals surface area contributed by atoms with Crippen LogP contribution < -0.4 is 10.2 Å². The minimum absolute atomic E-state index is 0.155. The summed E-state index contributed by atoms with van der Waals surface area (Å²) in [5.74, 6) is 0.877. The molecule has 5 nitrogen and oxygen atoms in total. The van der Waals surface area contributed by atoms with Crippen LogP contribution in [0.1, 0.15) is 35.2 Å². The Hall–Kier alpha value is -2.40. The van der Waals surface area contributed by atoms with Gasteiger partial charge >= 0.3 is 0 Å². The van der Waals surface area contributed by atoms with Gasteiger partial charge in [-0.25, -0.2) is 0 Å². The Kier molecular flexibility index (Phi) is 6.22. The van der Waals surface area contributed by atoms with E-state index in [-0.39, 0.29) is 5.91 Å². The molecule has 2 aromatic rings. The first-order chi connectivity index (χ1) is 13.8. The maximum atomic E-state index is 13.0. The summed E-state index contributed by atoms with van der Waals surface area (Å²) in [6, 6.07) is 12.4. The molecule has 2 fully saturated rings. The first kappa shape index (κ1) is 18.9. The molecule has 1 N–H and O–H groups in total. The van der Waals surface area contributed by atoms with Gasteiger partial charge in [-0.15, -0.1) is 0 Å². The Morgan fingerprint density at radius 3 is 2.57 bits per heavy atom. The van der Waals surface area contributed by atoms with E-state index in [0.717, 1.165) is 63.6 Å². The van der Waals surface area contributed by atoms with Crippen LogP contribution in [0.25, 0.3) is 0 Å². The van der Waals surface area contributed by atoms with Gasteiger partial charge in [0.2, 0.25) is 0 Å². The molecule has 0 saturated carbocycles. The molecule has 2 aliphatic heterocycles. The zero-order chi connectivity index (χ0) is 19.2. The van der Waals surface area contributed by atoms with Crippen molar-refractivity contribution in [3.05, 3.63) is 59.9 Å². The van der Waals surface area contributed by atoms with Gasteiger partial charge in [-0.3, -0.25) is 9.78 Å². The second-order valence-corrected chi connectivity index (χ2v) is 7.95. The van der Waals surface area contributed by atoms with Crippen LogP contribution in [0.4, 0.5) is 5.69 Å². The van der Waals surface area contributed by atoms with Crippen molar-refractivity contribution >= 4 is 11.6 Å². The van der Waals surface area contributed by atoms with E-state index in [1.807, 2.05) is 41.6 Å². The lowest BCUT2D eigenvalue weighted by molar-refractivity contribution is 0.0767. The number of nitrogens with one attached hydrogen (secondary N) is 1. The van der Waals surface area contributed by atoms with E-state index in [2.05, 4.69) is 27.3 Å². The van der Waals surface area contributed by atoms with E-state index in [1.54, 1.807) is 0 Å². The summed E-state index contributed by atoms with van der Waals surface area (Å²) in [6.07, 6.45) is 8.32. The number of nitrogens with zero attached hydrogens (tertiary/aromatic N) is 3. The fourth-order valence-corrected chi connectivity index (χ4v) is 4.33. The number of carbonyl (C=O) groups excluding carboxylic acids is 1. The SMILES string of the molecule is O=C(c1ccc(C[C@@H]2CCCNC2)cc1)N1CCCN(c2ccncc2)CC1. The van der Waals surface area contributed by atoms with Gasteiger partial charge in [0.25, 0.3) is 5.91 Å². The Morgan fingerprint density at radius 1 is 1.00 bits per heavy atom. The highest BCUT2D eigenvalue weighted by Crippen LogP contribution is 2.19. The second kappa shape index (κ2) is 9.20. The normalized spacial score (nSPS) is 20.6. The summed E-state index contributed by atoms with van der Waals surface area (Å²) in [5.41, 5.74) is 3.33. The smallest absolute Gasteiger partial charge is 0.253 e. The minimum atomic E-state index is 0.155. The highest BCUT2D eigenvalue weighted by Gasteiger charge is 2.21. The Bertz CT molecular complexity index is 756. The number of hydrogen-bond acceptors (Lipinski definition) is 4. The molecule has 1 aromatic carbocycles. The fraction of sp³-hybridized carbons (Fsp3) is 0.478. The zero-order valence-electron chi connectivity index (χ0n) is 16.5. The summed E-state index contributed by atoms with van der Waals surface area (Å²) >= 11 is 0. The predicted octanol–water partition coefficient (Wildman–Crippen LogP) is 2.98. The molecular formula is C23H30N4O. The maximum absolute atomic E-state index is 13.0. The van der Waals surface area contributed by atoms with Gasteiger partial charge in [0, 0.05) is 49.8 Å². The number of pyridine rings is 1. The van der Waals surface area contributed by atoms with Crippen molar-refractivity contribution in [2.45, 2.75) is 25.7 Å². The van der Waals surface area contributed by atoms with E-state index in [0.29, 0.717) is 0 Å². The highest BCUT2D eigenvalue weighted by molar-refractivity contribution is 5.94. The summed E-state index contributed by atoms with van der Waals surface area (Å²) in [7, 11) is 0. The average Bonchev–Trinajstić information content (AvgIpc) is 3.02. The quantitative estimate of drug-likeness (QED) is 0.889. The van der Waals surface area contributed by atoms with E-state index in [4.69, 9.17) is 0 Å². The average molecular weight is 379 g/mol. The molecule has 1 amide bonds. The fourth-order valence-electron chi connectivity index (χ4n) is 4.33. The van der Waals surface area contributed by atoms with Crippen LogP contribution in [-0.2, 0) is 6.42 Å². The lowest BCUT2D eigenvalue weighted by atomic mass is 9.92. The van der Waals surface area contributed by atoms with Crippen LogP contribution in [0.3, 0.4) is 0 Å². The molecular weight excluding hydrogens is 348 g/mol. The lowest BCUT2D eigenvalue weighted by Gasteiger charge is -2.24. The topological polar surface area (TPSA) is 48.5 Å². The summed E-state index contributed by atoms with van der Waals surface area (Å²) < 4.78 is 0. The molecule has 2 aliphatic rings. The van der Waals surface area contributed by atoms with E-state index in [1.165, 1.54) is 24.1 Å². The van der Waals surface area contributed by atoms with E-state index in [9.17, 15) is 4.79 Å². The first-order valence-corrected chi connectivity index (χ1v) is 10.5. The van der Waals surface area contributed by atoms with Gasteiger partial charge in [0.05, 0.1) is 0 Å². The van der Waals surface area contributed by atoms with Crippen LogP contribution >= 0.6 is 0 Å². The molecule has 2 saturated heterocycles. The molecule has 148 valence electrons. The van der Waals surface area contributed by atoms with Crippen LogP contribution in [0.5, 0.6) is 0 Å². The molecule has 3 heterocycles. The van der Waals surface area contributed by atoms with Gasteiger partial charge in [-0.05, 0) is 74.5 Å². The number of anilines is 1. The molecule has 0 radical (unpaired) electrons. The van der Waals surface area contributed by atoms with Gasteiger partial charge in [0.15, 0.2) is 0 Å². The molecule has 4 rings (SSSR count). The number of benzene rings is 1. The van der Waals surface area contributed by atoms with Gasteiger partial charge < -0.3 is 15.1 Å². The number of amides is 1. The van der Waals surface area contributed by atoms with Crippen molar-refractivity contribution in [2.24, 2.45) is 5.92 Å². The zero-order valence-corrected chi connectivity index (χ0v) is 16.5. The van der Waals surface area contributed by atoms with Crippen molar-refractivity contribution in [2.75, 3.05) is 44.2 Å². The van der Waals surface area contributed by atoms with Crippen molar-refractivity contribution in [3.8, 4) is 0 Å².